The second-order valence-corrected chi connectivity index (χ2v) is 7.26. The molecular weight excluding hydrogens is 311 g/mol. The average molecular weight is 336 g/mol. The van der Waals surface area contributed by atoms with Crippen LogP contribution in [0.25, 0.3) is 0 Å². The monoisotopic (exact) mass is 336 g/mol. The molecule has 0 aromatic carbocycles. The molecule has 1 aliphatic carbocycles. The summed E-state index contributed by atoms with van der Waals surface area (Å²) in [6.07, 6.45) is 3.78. The van der Waals surface area contributed by atoms with Gasteiger partial charge in [-0.1, -0.05) is 0 Å². The van der Waals surface area contributed by atoms with Crippen molar-refractivity contribution in [1.29, 1.82) is 0 Å². The lowest BCUT2D eigenvalue weighted by atomic mass is 9.82. The molecule has 1 aromatic rings. The molecule has 24 heavy (non-hydrogen) atoms. The molecule has 1 amide bonds. The number of rotatable bonds is 3. The lowest BCUT2D eigenvalue weighted by Gasteiger charge is -2.35. The van der Waals surface area contributed by atoms with Crippen molar-refractivity contribution in [2.24, 2.45) is 11.8 Å². The van der Waals surface area contributed by atoms with Crippen LogP contribution in [0, 0.1) is 11.8 Å². The molecule has 7 heteroatoms. The zero-order valence-electron chi connectivity index (χ0n) is 13.9. The molecule has 2 fully saturated rings. The average Bonchev–Trinajstić information content (AvgIpc) is 2.91. The van der Waals surface area contributed by atoms with E-state index < -0.39 is 6.17 Å². The summed E-state index contributed by atoms with van der Waals surface area (Å²) in [5.74, 6) is 1.27. The third-order valence-corrected chi connectivity index (χ3v) is 5.43. The van der Waals surface area contributed by atoms with E-state index in [2.05, 4.69) is 14.5 Å². The lowest BCUT2D eigenvalue weighted by Crippen LogP contribution is -2.46. The van der Waals surface area contributed by atoms with Crippen LogP contribution in [0.5, 0.6) is 0 Å². The Morgan fingerprint density at radius 2 is 2.08 bits per heavy atom. The topological polar surface area (TPSA) is 50.6 Å². The van der Waals surface area contributed by atoms with Gasteiger partial charge in [-0.2, -0.15) is 0 Å². The molecule has 1 aromatic heterocycles. The van der Waals surface area contributed by atoms with Crippen LogP contribution in [-0.2, 0) is 22.6 Å². The van der Waals surface area contributed by atoms with E-state index in [9.17, 15) is 9.18 Å². The van der Waals surface area contributed by atoms with E-state index in [1.807, 2.05) is 11.1 Å². The highest BCUT2D eigenvalue weighted by atomic mass is 19.1. The first kappa shape index (κ1) is 16.0. The number of aromatic nitrogens is 2. The van der Waals surface area contributed by atoms with Crippen LogP contribution in [0.1, 0.15) is 18.7 Å². The van der Waals surface area contributed by atoms with E-state index in [4.69, 9.17) is 4.74 Å². The molecule has 1 saturated heterocycles. The van der Waals surface area contributed by atoms with Gasteiger partial charge in [0.15, 0.2) is 0 Å². The van der Waals surface area contributed by atoms with Crippen LogP contribution in [0.2, 0.25) is 0 Å². The third-order valence-electron chi connectivity index (χ3n) is 5.43. The van der Waals surface area contributed by atoms with E-state index in [1.54, 1.807) is 6.20 Å². The van der Waals surface area contributed by atoms with Crippen molar-refractivity contribution in [2.45, 2.75) is 32.1 Å². The van der Waals surface area contributed by atoms with Crippen molar-refractivity contribution in [3.05, 3.63) is 18.2 Å². The third kappa shape index (κ3) is 3.32. The number of fused-ring (bicyclic) bond motifs is 1. The van der Waals surface area contributed by atoms with Crippen molar-refractivity contribution in [3.63, 3.8) is 0 Å². The largest absolute Gasteiger partial charge is 0.379 e. The number of hydrogen-bond acceptors (Lipinski definition) is 4. The van der Waals surface area contributed by atoms with Gasteiger partial charge in [0.2, 0.25) is 5.91 Å². The Labute approximate surface area is 141 Å². The van der Waals surface area contributed by atoms with E-state index in [1.165, 1.54) is 0 Å². The van der Waals surface area contributed by atoms with Gasteiger partial charge in [0, 0.05) is 57.0 Å². The highest BCUT2D eigenvalue weighted by Crippen LogP contribution is 2.32. The van der Waals surface area contributed by atoms with Crippen LogP contribution in [0.4, 0.5) is 4.39 Å². The zero-order valence-corrected chi connectivity index (χ0v) is 13.9. The molecule has 4 rings (SSSR count). The van der Waals surface area contributed by atoms with Gasteiger partial charge in [-0.15, -0.1) is 0 Å². The fourth-order valence-corrected chi connectivity index (χ4v) is 3.98. The zero-order chi connectivity index (χ0) is 16.5. The molecule has 3 heterocycles. The Balaban J connectivity index is 1.46. The second-order valence-electron chi connectivity index (χ2n) is 7.26. The van der Waals surface area contributed by atoms with E-state index >= 15 is 0 Å². The molecule has 1 saturated carbocycles. The van der Waals surface area contributed by atoms with Gasteiger partial charge in [0.25, 0.3) is 0 Å². The smallest absolute Gasteiger partial charge is 0.226 e. The molecule has 0 radical (unpaired) electrons. The second kappa shape index (κ2) is 6.80. The van der Waals surface area contributed by atoms with Crippen LogP contribution in [0.3, 0.4) is 0 Å². The summed E-state index contributed by atoms with van der Waals surface area (Å²) in [7, 11) is 0. The molecule has 0 bridgehead atoms. The van der Waals surface area contributed by atoms with Crippen LogP contribution >= 0.6 is 0 Å². The van der Waals surface area contributed by atoms with Gasteiger partial charge in [0.1, 0.15) is 12.0 Å². The number of ether oxygens (including phenoxy) is 1. The molecule has 1 unspecified atom stereocenters. The van der Waals surface area contributed by atoms with Gasteiger partial charge >= 0.3 is 0 Å². The van der Waals surface area contributed by atoms with Crippen molar-refractivity contribution < 1.29 is 13.9 Å². The van der Waals surface area contributed by atoms with Crippen molar-refractivity contribution in [3.8, 4) is 0 Å². The quantitative estimate of drug-likeness (QED) is 0.824. The maximum Gasteiger partial charge on any atom is 0.226 e. The molecule has 6 nitrogen and oxygen atoms in total. The molecule has 132 valence electrons. The minimum Gasteiger partial charge on any atom is -0.379 e. The van der Waals surface area contributed by atoms with Crippen LogP contribution in [0.15, 0.2) is 12.4 Å². The van der Waals surface area contributed by atoms with Crippen molar-refractivity contribution in [2.75, 3.05) is 39.4 Å². The predicted molar refractivity (Wildman–Crippen MR) is 86.0 cm³/mol. The highest BCUT2D eigenvalue weighted by Gasteiger charge is 2.38. The van der Waals surface area contributed by atoms with Gasteiger partial charge < -0.3 is 14.2 Å². The number of morpholine rings is 1. The Morgan fingerprint density at radius 1 is 1.29 bits per heavy atom. The maximum atomic E-state index is 13.1. The molecular formula is C17H25FN4O2. The molecule has 3 aliphatic rings. The summed E-state index contributed by atoms with van der Waals surface area (Å²) in [5.41, 5.74) is 0. The Bertz CT molecular complexity index is 581. The first-order valence-electron chi connectivity index (χ1n) is 8.92. The van der Waals surface area contributed by atoms with Gasteiger partial charge in [-0.25, -0.2) is 9.37 Å². The Kier molecular flexibility index (Phi) is 4.54. The van der Waals surface area contributed by atoms with Crippen LogP contribution in [-0.4, -0.2) is 70.8 Å². The standard InChI is InChI=1S/C17H25FN4O2/c18-15-7-14(8-15)17(23)22-11-13(9-20-3-5-24-6-4-20)10-21-2-1-19-16(21)12-22/h1-2,13-15H,3-12H2. The molecule has 2 aliphatic heterocycles. The van der Waals surface area contributed by atoms with Crippen LogP contribution < -0.4 is 0 Å². The lowest BCUT2D eigenvalue weighted by molar-refractivity contribution is -0.141. The number of carbonyl (C=O) groups excluding carboxylic acids is 1. The summed E-state index contributed by atoms with van der Waals surface area (Å²) < 4.78 is 20.7. The minimum absolute atomic E-state index is 0.104. The summed E-state index contributed by atoms with van der Waals surface area (Å²) >= 11 is 0. The number of carbonyl (C=O) groups is 1. The number of alkyl halides is 1. The van der Waals surface area contributed by atoms with E-state index in [0.717, 1.165) is 51.8 Å². The molecule has 1 atom stereocenters. The number of hydrogen-bond donors (Lipinski definition) is 0. The van der Waals surface area contributed by atoms with E-state index in [0.29, 0.717) is 25.3 Å². The maximum absolute atomic E-state index is 13.1. The minimum atomic E-state index is -0.794. The number of imidazole rings is 1. The summed E-state index contributed by atoms with van der Waals surface area (Å²) in [5, 5.41) is 0. The number of nitrogens with zero attached hydrogens (tertiary/aromatic N) is 4. The number of halogens is 1. The van der Waals surface area contributed by atoms with E-state index in [-0.39, 0.29) is 11.8 Å². The first-order chi connectivity index (χ1) is 11.7. The van der Waals surface area contributed by atoms with Crippen molar-refractivity contribution >= 4 is 5.91 Å². The van der Waals surface area contributed by atoms with Gasteiger partial charge in [-0.3, -0.25) is 9.69 Å². The molecule has 0 N–H and O–H groups in total. The predicted octanol–water partition coefficient (Wildman–Crippen LogP) is 0.922. The first-order valence-corrected chi connectivity index (χ1v) is 8.92. The molecule has 0 spiro atoms. The van der Waals surface area contributed by atoms with Gasteiger partial charge in [-0.05, 0) is 12.8 Å². The summed E-state index contributed by atoms with van der Waals surface area (Å²) in [6.45, 7) is 6.58. The SMILES string of the molecule is O=C(C1CC(F)C1)N1Cc2nccn2CC(CN2CCOCC2)C1. The summed E-state index contributed by atoms with van der Waals surface area (Å²) in [6, 6.07) is 0. The highest BCUT2D eigenvalue weighted by molar-refractivity contribution is 5.79. The van der Waals surface area contributed by atoms with Crippen molar-refractivity contribution in [1.82, 2.24) is 19.4 Å². The fourth-order valence-electron chi connectivity index (χ4n) is 3.98. The number of amides is 1. The summed E-state index contributed by atoms with van der Waals surface area (Å²) in [4.78, 5) is 21.5. The normalized spacial score (nSPS) is 31.2. The fraction of sp³-hybridized carbons (Fsp3) is 0.765. The Morgan fingerprint density at radius 3 is 2.83 bits per heavy atom. The Hall–Kier alpha value is -1.47. The van der Waals surface area contributed by atoms with Gasteiger partial charge in [0.05, 0.1) is 19.8 Å².